The van der Waals surface area contributed by atoms with Crippen molar-refractivity contribution in [3.05, 3.63) is 52.0 Å². The minimum Gasteiger partial charge on any atom is -0.457 e. The maximum absolute atomic E-state index is 5.83. The van der Waals surface area contributed by atoms with Crippen molar-refractivity contribution >= 4 is 21.6 Å². The lowest BCUT2D eigenvalue weighted by Crippen LogP contribution is -2.03. The maximum atomic E-state index is 5.83. The molecule has 80 valence electrons. The summed E-state index contributed by atoms with van der Waals surface area (Å²) in [6.07, 6.45) is 0.901. The molecule has 0 bridgehead atoms. The molecule has 0 saturated heterocycles. The third-order valence-electron chi connectivity index (χ3n) is 2.72. The molecule has 0 amide bonds. The van der Waals surface area contributed by atoms with Crippen LogP contribution in [0.25, 0.3) is 0 Å². The van der Waals surface area contributed by atoms with Gasteiger partial charge in [-0.1, -0.05) is 28.1 Å². The Labute approximate surface area is 102 Å². The molecule has 0 atom stereocenters. The third kappa shape index (κ3) is 1.57. The van der Waals surface area contributed by atoms with Crippen molar-refractivity contribution in [3.63, 3.8) is 0 Å². The molecule has 2 aromatic rings. The third-order valence-corrected chi connectivity index (χ3v) is 3.21. The Bertz CT molecular complexity index is 516. The molecule has 2 nitrogen and oxygen atoms in total. The van der Waals surface area contributed by atoms with Gasteiger partial charge in [-0.2, -0.15) is 0 Å². The number of fused-ring (bicyclic) bond motifs is 2. The van der Waals surface area contributed by atoms with Crippen molar-refractivity contribution in [1.29, 1.82) is 0 Å². The molecule has 0 saturated carbocycles. The number of halogens is 1. The summed E-state index contributed by atoms with van der Waals surface area (Å²) < 4.78 is 6.86. The van der Waals surface area contributed by atoms with Gasteiger partial charge in [-0.25, -0.2) is 0 Å². The Morgan fingerprint density at radius 2 is 1.69 bits per heavy atom. The van der Waals surface area contributed by atoms with Crippen LogP contribution >= 0.6 is 15.9 Å². The van der Waals surface area contributed by atoms with Crippen LogP contribution in [0.5, 0.6) is 11.5 Å². The fourth-order valence-corrected chi connectivity index (χ4v) is 2.25. The van der Waals surface area contributed by atoms with E-state index in [2.05, 4.69) is 22.0 Å². The van der Waals surface area contributed by atoms with Crippen LogP contribution in [0.1, 0.15) is 11.1 Å². The summed E-state index contributed by atoms with van der Waals surface area (Å²) in [5, 5.41) is 0. The van der Waals surface area contributed by atoms with E-state index < -0.39 is 0 Å². The van der Waals surface area contributed by atoms with Gasteiger partial charge in [-0.15, -0.1) is 0 Å². The molecule has 2 N–H and O–H groups in total. The predicted molar refractivity (Wildman–Crippen MR) is 67.9 cm³/mol. The minimum atomic E-state index is 0.734. The van der Waals surface area contributed by atoms with Gasteiger partial charge in [0, 0.05) is 22.6 Å². The smallest absolute Gasteiger partial charge is 0.133 e. The Balaban J connectivity index is 2.10. The summed E-state index contributed by atoms with van der Waals surface area (Å²) in [6.45, 7) is 0. The molecule has 2 aromatic carbocycles. The molecule has 1 aliphatic heterocycles. The van der Waals surface area contributed by atoms with E-state index >= 15 is 0 Å². The number of anilines is 1. The molecule has 0 radical (unpaired) electrons. The first-order chi connectivity index (χ1) is 7.72. The molecule has 3 rings (SSSR count). The molecule has 3 heteroatoms. The van der Waals surface area contributed by atoms with Gasteiger partial charge in [0.2, 0.25) is 0 Å². The molecule has 0 fully saturated rings. The molecule has 1 aliphatic rings. The van der Waals surface area contributed by atoms with Crippen molar-refractivity contribution in [2.45, 2.75) is 6.42 Å². The first-order valence-corrected chi connectivity index (χ1v) is 5.86. The van der Waals surface area contributed by atoms with E-state index in [1.807, 2.05) is 30.3 Å². The zero-order chi connectivity index (χ0) is 11.1. The Morgan fingerprint density at radius 1 is 1.00 bits per heavy atom. The number of hydrogen-bond acceptors (Lipinski definition) is 2. The number of ether oxygens (including phenoxy) is 1. The van der Waals surface area contributed by atoms with Gasteiger partial charge >= 0.3 is 0 Å². The number of hydrogen-bond donors (Lipinski definition) is 1. The van der Waals surface area contributed by atoms with Crippen LogP contribution in [0, 0.1) is 0 Å². The zero-order valence-corrected chi connectivity index (χ0v) is 10.1. The van der Waals surface area contributed by atoms with Gasteiger partial charge < -0.3 is 10.5 Å². The van der Waals surface area contributed by atoms with Crippen LogP contribution in [0.3, 0.4) is 0 Å². The Hall–Kier alpha value is -1.48. The van der Waals surface area contributed by atoms with Crippen molar-refractivity contribution < 1.29 is 4.74 Å². The molecular formula is C13H10BrNO. The average Bonchev–Trinajstić information content (AvgIpc) is 2.26. The van der Waals surface area contributed by atoms with Crippen LogP contribution in [0.4, 0.5) is 5.69 Å². The lowest BCUT2D eigenvalue weighted by Gasteiger charge is -2.20. The normalized spacial score (nSPS) is 12.6. The summed E-state index contributed by atoms with van der Waals surface area (Å²) in [7, 11) is 0. The molecule has 1 heterocycles. The topological polar surface area (TPSA) is 35.2 Å². The van der Waals surface area contributed by atoms with E-state index in [1.165, 1.54) is 11.1 Å². The first kappa shape index (κ1) is 9.73. The van der Waals surface area contributed by atoms with Crippen LogP contribution in [-0.4, -0.2) is 0 Å². The molecule has 16 heavy (non-hydrogen) atoms. The monoisotopic (exact) mass is 275 g/mol. The van der Waals surface area contributed by atoms with E-state index in [0.717, 1.165) is 28.1 Å². The van der Waals surface area contributed by atoms with E-state index in [9.17, 15) is 0 Å². The van der Waals surface area contributed by atoms with Gasteiger partial charge in [-0.3, -0.25) is 0 Å². The lowest BCUT2D eigenvalue weighted by atomic mass is 10.0. The largest absolute Gasteiger partial charge is 0.457 e. The van der Waals surface area contributed by atoms with Gasteiger partial charge in [0.25, 0.3) is 0 Å². The van der Waals surface area contributed by atoms with Crippen LogP contribution in [0.15, 0.2) is 40.9 Å². The van der Waals surface area contributed by atoms with Gasteiger partial charge in [-0.05, 0) is 29.3 Å². The number of nitrogens with two attached hydrogens (primary N) is 1. The minimum absolute atomic E-state index is 0.734. The van der Waals surface area contributed by atoms with E-state index in [0.29, 0.717) is 0 Å². The molecular weight excluding hydrogens is 266 g/mol. The molecule has 0 unspecified atom stereocenters. The second kappa shape index (κ2) is 3.52. The van der Waals surface area contributed by atoms with Crippen LogP contribution in [0.2, 0.25) is 0 Å². The highest BCUT2D eigenvalue weighted by Gasteiger charge is 2.16. The second-order valence-corrected chi connectivity index (χ2v) is 4.81. The Kier molecular flexibility index (Phi) is 2.14. The molecule has 0 spiro atoms. The van der Waals surface area contributed by atoms with Crippen molar-refractivity contribution in [2.75, 3.05) is 5.73 Å². The highest BCUT2D eigenvalue weighted by atomic mass is 79.9. The number of rotatable bonds is 0. The highest BCUT2D eigenvalue weighted by Crippen LogP contribution is 2.38. The van der Waals surface area contributed by atoms with Crippen molar-refractivity contribution in [3.8, 4) is 11.5 Å². The fraction of sp³-hybridized carbons (Fsp3) is 0.0769. The highest BCUT2D eigenvalue weighted by molar-refractivity contribution is 9.10. The lowest BCUT2D eigenvalue weighted by molar-refractivity contribution is 0.460. The quantitative estimate of drug-likeness (QED) is 0.635. The van der Waals surface area contributed by atoms with E-state index in [4.69, 9.17) is 10.5 Å². The van der Waals surface area contributed by atoms with Crippen LogP contribution < -0.4 is 10.5 Å². The first-order valence-electron chi connectivity index (χ1n) is 5.07. The van der Waals surface area contributed by atoms with Crippen molar-refractivity contribution in [1.82, 2.24) is 0 Å². The van der Waals surface area contributed by atoms with Crippen molar-refractivity contribution in [2.24, 2.45) is 0 Å². The summed E-state index contributed by atoms with van der Waals surface area (Å²) in [4.78, 5) is 0. The average molecular weight is 276 g/mol. The second-order valence-electron chi connectivity index (χ2n) is 3.90. The fourth-order valence-electron chi connectivity index (χ4n) is 1.91. The SMILES string of the molecule is Nc1ccc2c(c1)Oc1cc(Br)ccc1C2. The van der Waals surface area contributed by atoms with Gasteiger partial charge in [0.05, 0.1) is 0 Å². The molecule has 0 aliphatic carbocycles. The molecule has 0 aromatic heterocycles. The predicted octanol–water partition coefficient (Wildman–Crippen LogP) is 3.73. The van der Waals surface area contributed by atoms with Gasteiger partial charge in [0.15, 0.2) is 0 Å². The standard InChI is InChI=1S/C13H10BrNO/c14-10-3-1-8-5-9-2-4-11(15)7-13(9)16-12(8)6-10/h1-4,6-7H,5,15H2. The maximum Gasteiger partial charge on any atom is 0.133 e. The summed E-state index contributed by atoms with van der Waals surface area (Å²) in [5.41, 5.74) is 8.87. The van der Waals surface area contributed by atoms with E-state index in [-0.39, 0.29) is 0 Å². The van der Waals surface area contributed by atoms with Crippen LogP contribution in [-0.2, 0) is 6.42 Å². The zero-order valence-electron chi connectivity index (χ0n) is 8.53. The number of benzene rings is 2. The van der Waals surface area contributed by atoms with Gasteiger partial charge in [0.1, 0.15) is 11.5 Å². The summed E-state index contributed by atoms with van der Waals surface area (Å²) in [6, 6.07) is 11.9. The Morgan fingerprint density at radius 3 is 2.50 bits per heavy atom. The summed E-state index contributed by atoms with van der Waals surface area (Å²) >= 11 is 3.44. The number of nitrogen functional groups attached to an aromatic ring is 1. The van der Waals surface area contributed by atoms with E-state index in [1.54, 1.807) is 0 Å². The summed E-state index contributed by atoms with van der Waals surface area (Å²) in [5.74, 6) is 1.78.